The first-order valence-corrected chi connectivity index (χ1v) is 7.32. The fraction of sp³-hybridized carbons (Fsp3) is 0.111. The number of ether oxygens (including phenoxy) is 1. The van der Waals surface area contributed by atoms with E-state index in [0.717, 1.165) is 11.3 Å². The van der Waals surface area contributed by atoms with E-state index in [9.17, 15) is 9.59 Å². The lowest BCUT2D eigenvalue weighted by molar-refractivity contribution is -0.114. The molecule has 0 aromatic heterocycles. The van der Waals surface area contributed by atoms with Crippen molar-refractivity contribution in [3.8, 4) is 5.75 Å². The van der Waals surface area contributed by atoms with Gasteiger partial charge in [-0.1, -0.05) is 18.2 Å². The summed E-state index contributed by atoms with van der Waals surface area (Å²) in [6, 6.07) is 14.0. The normalized spacial score (nSPS) is 10.2. The van der Waals surface area contributed by atoms with Crippen molar-refractivity contribution in [1.29, 1.82) is 0 Å². The molecule has 6 heteroatoms. The van der Waals surface area contributed by atoms with Crippen LogP contribution in [0.4, 0.5) is 16.2 Å². The molecule has 6 nitrogen and oxygen atoms in total. The Bertz CT molecular complexity index is 757. The number of methoxy groups -OCH3 is 1. The summed E-state index contributed by atoms with van der Waals surface area (Å²) in [5.74, 6) is 0.578. The number of carbonyl (C=O) groups is 2. The smallest absolute Gasteiger partial charge is 0.323 e. The first kappa shape index (κ1) is 17.1. The molecule has 0 aliphatic carbocycles. The molecule has 124 valence electrons. The second kappa shape index (κ2) is 8.38. The van der Waals surface area contributed by atoms with Gasteiger partial charge in [0.15, 0.2) is 0 Å². The second-order valence-electron chi connectivity index (χ2n) is 4.97. The summed E-state index contributed by atoms with van der Waals surface area (Å²) in [4.78, 5) is 22.9. The SMILES string of the molecule is COc1cccc(/C=C/NC(=O)Nc2cccc(NC(C)=O)c2)c1. The summed E-state index contributed by atoms with van der Waals surface area (Å²) >= 11 is 0. The topological polar surface area (TPSA) is 79.5 Å². The molecule has 0 saturated heterocycles. The number of anilines is 2. The minimum Gasteiger partial charge on any atom is -0.497 e. The minimum atomic E-state index is -0.380. The summed E-state index contributed by atoms with van der Waals surface area (Å²) in [7, 11) is 1.60. The Morgan fingerprint density at radius 2 is 1.71 bits per heavy atom. The summed E-state index contributed by atoms with van der Waals surface area (Å²) < 4.78 is 5.14. The summed E-state index contributed by atoms with van der Waals surface area (Å²) in [6.07, 6.45) is 3.30. The molecule has 3 N–H and O–H groups in total. The van der Waals surface area contributed by atoms with Gasteiger partial charge in [0.1, 0.15) is 5.75 Å². The maximum atomic E-state index is 11.9. The largest absolute Gasteiger partial charge is 0.497 e. The molecular formula is C18H19N3O3. The van der Waals surface area contributed by atoms with Crippen LogP contribution >= 0.6 is 0 Å². The number of urea groups is 1. The molecule has 0 radical (unpaired) electrons. The highest BCUT2D eigenvalue weighted by molar-refractivity contribution is 5.93. The first-order valence-electron chi connectivity index (χ1n) is 7.32. The van der Waals surface area contributed by atoms with Crippen LogP contribution < -0.4 is 20.7 Å². The van der Waals surface area contributed by atoms with E-state index in [1.54, 1.807) is 43.7 Å². The van der Waals surface area contributed by atoms with E-state index in [4.69, 9.17) is 4.74 Å². The van der Waals surface area contributed by atoms with E-state index in [-0.39, 0.29) is 11.9 Å². The Balaban J connectivity index is 1.91. The quantitative estimate of drug-likeness (QED) is 0.788. The van der Waals surface area contributed by atoms with Gasteiger partial charge in [-0.15, -0.1) is 0 Å². The van der Waals surface area contributed by atoms with Crippen LogP contribution in [-0.2, 0) is 4.79 Å². The third-order valence-electron chi connectivity index (χ3n) is 3.02. The summed E-state index contributed by atoms with van der Waals surface area (Å²) in [6.45, 7) is 1.43. The van der Waals surface area contributed by atoms with Crippen molar-refractivity contribution in [2.45, 2.75) is 6.92 Å². The molecule has 0 aliphatic heterocycles. The zero-order chi connectivity index (χ0) is 17.4. The molecular weight excluding hydrogens is 306 g/mol. The molecule has 0 spiro atoms. The van der Waals surface area contributed by atoms with Gasteiger partial charge in [-0.2, -0.15) is 0 Å². The van der Waals surface area contributed by atoms with E-state index >= 15 is 0 Å². The van der Waals surface area contributed by atoms with Gasteiger partial charge < -0.3 is 20.7 Å². The van der Waals surface area contributed by atoms with Gasteiger partial charge in [0.05, 0.1) is 7.11 Å². The number of amides is 3. The zero-order valence-electron chi connectivity index (χ0n) is 13.5. The van der Waals surface area contributed by atoms with Crippen molar-refractivity contribution in [3.63, 3.8) is 0 Å². The Hall–Kier alpha value is -3.28. The van der Waals surface area contributed by atoms with Crippen molar-refractivity contribution >= 4 is 29.4 Å². The van der Waals surface area contributed by atoms with E-state index in [0.29, 0.717) is 11.4 Å². The number of hydrogen-bond acceptors (Lipinski definition) is 3. The molecule has 2 rings (SSSR count). The van der Waals surface area contributed by atoms with Crippen LogP contribution in [-0.4, -0.2) is 19.0 Å². The van der Waals surface area contributed by atoms with Gasteiger partial charge >= 0.3 is 6.03 Å². The molecule has 24 heavy (non-hydrogen) atoms. The van der Waals surface area contributed by atoms with Gasteiger partial charge in [0.2, 0.25) is 5.91 Å². The van der Waals surface area contributed by atoms with E-state index in [1.165, 1.54) is 6.92 Å². The predicted molar refractivity (Wildman–Crippen MR) is 94.9 cm³/mol. The maximum Gasteiger partial charge on any atom is 0.323 e. The summed E-state index contributed by atoms with van der Waals surface area (Å²) in [5.41, 5.74) is 2.10. The van der Waals surface area contributed by atoms with Crippen LogP contribution in [0.25, 0.3) is 6.08 Å². The number of benzene rings is 2. The molecule has 0 heterocycles. The van der Waals surface area contributed by atoms with Gasteiger partial charge in [0, 0.05) is 24.5 Å². The van der Waals surface area contributed by atoms with Crippen LogP contribution in [0.5, 0.6) is 5.75 Å². The Morgan fingerprint density at radius 1 is 1.00 bits per heavy atom. The van der Waals surface area contributed by atoms with Crippen LogP contribution in [0, 0.1) is 0 Å². The lowest BCUT2D eigenvalue weighted by atomic mass is 10.2. The lowest BCUT2D eigenvalue weighted by Gasteiger charge is -2.07. The first-order chi connectivity index (χ1) is 11.6. The number of carbonyl (C=O) groups excluding carboxylic acids is 2. The highest BCUT2D eigenvalue weighted by Crippen LogP contribution is 2.15. The number of rotatable bonds is 5. The van der Waals surface area contributed by atoms with E-state index in [2.05, 4.69) is 16.0 Å². The van der Waals surface area contributed by atoms with E-state index in [1.807, 2.05) is 24.3 Å². The zero-order valence-corrected chi connectivity index (χ0v) is 13.5. The van der Waals surface area contributed by atoms with Crippen molar-refractivity contribution in [2.24, 2.45) is 0 Å². The lowest BCUT2D eigenvalue weighted by Crippen LogP contribution is -2.23. The van der Waals surface area contributed by atoms with Crippen LogP contribution in [0.1, 0.15) is 12.5 Å². The highest BCUT2D eigenvalue weighted by atomic mass is 16.5. The number of hydrogen-bond donors (Lipinski definition) is 3. The average molecular weight is 325 g/mol. The highest BCUT2D eigenvalue weighted by Gasteiger charge is 2.01. The summed E-state index contributed by atoms with van der Waals surface area (Å²) in [5, 5.41) is 7.96. The molecule has 0 fully saturated rings. The van der Waals surface area contributed by atoms with Gasteiger partial charge in [-0.05, 0) is 42.0 Å². The molecule has 0 saturated carbocycles. The molecule has 0 bridgehead atoms. The van der Waals surface area contributed by atoms with Crippen LogP contribution in [0.3, 0.4) is 0 Å². The van der Waals surface area contributed by atoms with Crippen molar-refractivity contribution in [1.82, 2.24) is 5.32 Å². The molecule has 0 aliphatic rings. The Kier molecular flexibility index (Phi) is 5.96. The fourth-order valence-corrected chi connectivity index (χ4v) is 2.00. The van der Waals surface area contributed by atoms with E-state index < -0.39 is 0 Å². The van der Waals surface area contributed by atoms with Crippen molar-refractivity contribution < 1.29 is 14.3 Å². The van der Waals surface area contributed by atoms with Gasteiger partial charge in [0.25, 0.3) is 0 Å². The monoisotopic (exact) mass is 325 g/mol. The average Bonchev–Trinajstić information content (AvgIpc) is 2.54. The Morgan fingerprint density at radius 3 is 2.42 bits per heavy atom. The molecule has 2 aromatic rings. The van der Waals surface area contributed by atoms with Crippen LogP contribution in [0.15, 0.2) is 54.7 Å². The Labute approximate surface area is 140 Å². The molecule has 0 unspecified atom stereocenters. The maximum absolute atomic E-state index is 11.9. The van der Waals surface area contributed by atoms with Crippen molar-refractivity contribution in [2.75, 3.05) is 17.7 Å². The fourth-order valence-electron chi connectivity index (χ4n) is 2.00. The van der Waals surface area contributed by atoms with Crippen LogP contribution in [0.2, 0.25) is 0 Å². The van der Waals surface area contributed by atoms with Gasteiger partial charge in [-0.3, -0.25) is 4.79 Å². The third-order valence-corrected chi connectivity index (χ3v) is 3.02. The molecule has 3 amide bonds. The predicted octanol–water partition coefficient (Wildman–Crippen LogP) is 3.45. The van der Waals surface area contributed by atoms with Gasteiger partial charge in [-0.25, -0.2) is 4.79 Å². The third kappa shape index (κ3) is 5.49. The second-order valence-corrected chi connectivity index (χ2v) is 4.97. The number of nitrogens with one attached hydrogen (secondary N) is 3. The molecule has 2 aromatic carbocycles. The molecule has 0 atom stereocenters. The minimum absolute atomic E-state index is 0.169. The van der Waals surface area contributed by atoms with Crippen molar-refractivity contribution in [3.05, 3.63) is 60.3 Å². The standard InChI is InChI=1S/C18H19N3O3/c1-13(22)20-15-6-4-7-16(12-15)21-18(23)19-10-9-14-5-3-8-17(11-14)24-2/h3-12H,1-2H3,(H,20,22)(H2,19,21,23)/b10-9+.